The van der Waals surface area contributed by atoms with Crippen LogP contribution in [-0.4, -0.2) is 47.5 Å². The van der Waals surface area contributed by atoms with Crippen molar-refractivity contribution in [2.24, 2.45) is 5.73 Å². The van der Waals surface area contributed by atoms with Crippen molar-refractivity contribution in [2.45, 2.75) is 18.6 Å². The van der Waals surface area contributed by atoms with Gasteiger partial charge in [0.15, 0.2) is 0 Å². The molecule has 0 radical (unpaired) electrons. The van der Waals surface area contributed by atoms with Crippen LogP contribution in [0.3, 0.4) is 0 Å². The number of hydrogen-bond acceptors (Lipinski definition) is 3. The fourth-order valence-corrected chi connectivity index (χ4v) is 2.81. The second kappa shape index (κ2) is 5.21. The Morgan fingerprint density at radius 1 is 1.38 bits per heavy atom. The molecule has 1 saturated heterocycles. The molecule has 0 bridgehead atoms. The van der Waals surface area contributed by atoms with Gasteiger partial charge in [-0.05, 0) is 23.6 Å². The van der Waals surface area contributed by atoms with Gasteiger partial charge in [0, 0.05) is 37.4 Å². The molecule has 0 aliphatic carbocycles. The predicted octanol–water partition coefficient (Wildman–Crippen LogP) is 0.883. The molecular weight excluding hydrogens is 270 g/mol. The van der Waals surface area contributed by atoms with Gasteiger partial charge in [0.05, 0.1) is 6.10 Å². The SMILES string of the molecule is CO[C@H]1C[C@@H](C(N)=O)N(C(=O)c2ccc3cc[nH]c3c2)C1. The lowest BCUT2D eigenvalue weighted by Gasteiger charge is -2.22. The van der Waals surface area contributed by atoms with Crippen LogP contribution in [0.4, 0.5) is 0 Å². The van der Waals surface area contributed by atoms with Crippen LogP contribution in [0.25, 0.3) is 10.9 Å². The number of benzene rings is 1. The van der Waals surface area contributed by atoms with Gasteiger partial charge in [0.25, 0.3) is 5.91 Å². The molecule has 0 unspecified atom stereocenters. The van der Waals surface area contributed by atoms with Gasteiger partial charge in [-0.25, -0.2) is 0 Å². The molecule has 3 N–H and O–H groups in total. The number of nitrogens with two attached hydrogens (primary N) is 1. The number of nitrogens with zero attached hydrogens (tertiary/aromatic N) is 1. The number of hydrogen-bond donors (Lipinski definition) is 2. The largest absolute Gasteiger partial charge is 0.380 e. The first-order valence-electron chi connectivity index (χ1n) is 6.80. The predicted molar refractivity (Wildman–Crippen MR) is 77.7 cm³/mol. The summed E-state index contributed by atoms with van der Waals surface area (Å²) < 4.78 is 5.26. The van der Waals surface area contributed by atoms with Gasteiger partial charge in [0.2, 0.25) is 5.91 Å². The van der Waals surface area contributed by atoms with E-state index >= 15 is 0 Å². The number of aromatic nitrogens is 1. The van der Waals surface area contributed by atoms with E-state index in [1.54, 1.807) is 19.2 Å². The smallest absolute Gasteiger partial charge is 0.254 e. The van der Waals surface area contributed by atoms with Crippen LogP contribution in [0.5, 0.6) is 0 Å². The van der Waals surface area contributed by atoms with Crippen LogP contribution in [0.15, 0.2) is 30.5 Å². The van der Waals surface area contributed by atoms with Crippen molar-refractivity contribution in [3.05, 3.63) is 36.0 Å². The van der Waals surface area contributed by atoms with E-state index < -0.39 is 11.9 Å². The number of ether oxygens (including phenoxy) is 1. The van der Waals surface area contributed by atoms with Crippen molar-refractivity contribution in [3.8, 4) is 0 Å². The van der Waals surface area contributed by atoms with Crippen molar-refractivity contribution in [1.82, 2.24) is 9.88 Å². The maximum atomic E-state index is 12.6. The van der Waals surface area contributed by atoms with Crippen molar-refractivity contribution in [2.75, 3.05) is 13.7 Å². The zero-order valence-electron chi connectivity index (χ0n) is 11.7. The zero-order valence-corrected chi connectivity index (χ0v) is 11.7. The highest BCUT2D eigenvalue weighted by Gasteiger charge is 2.39. The van der Waals surface area contributed by atoms with E-state index in [4.69, 9.17) is 10.5 Å². The molecule has 1 fully saturated rings. The summed E-state index contributed by atoms with van der Waals surface area (Å²) >= 11 is 0. The molecule has 1 aromatic heterocycles. The van der Waals surface area contributed by atoms with E-state index in [1.165, 1.54) is 4.90 Å². The van der Waals surface area contributed by atoms with Gasteiger partial charge in [-0.2, -0.15) is 0 Å². The molecule has 2 amide bonds. The number of nitrogens with one attached hydrogen (secondary N) is 1. The van der Waals surface area contributed by atoms with Crippen LogP contribution < -0.4 is 5.73 Å². The summed E-state index contributed by atoms with van der Waals surface area (Å²) in [6, 6.07) is 6.75. The van der Waals surface area contributed by atoms with Gasteiger partial charge in [-0.3, -0.25) is 9.59 Å². The van der Waals surface area contributed by atoms with Gasteiger partial charge >= 0.3 is 0 Å². The summed E-state index contributed by atoms with van der Waals surface area (Å²) in [5.74, 6) is -0.696. The quantitative estimate of drug-likeness (QED) is 0.878. The number of primary amides is 1. The van der Waals surface area contributed by atoms with Gasteiger partial charge < -0.3 is 20.4 Å². The Labute approximate surface area is 121 Å². The maximum absolute atomic E-state index is 12.6. The van der Waals surface area contributed by atoms with Crippen molar-refractivity contribution < 1.29 is 14.3 Å². The number of H-pyrrole nitrogens is 1. The molecule has 21 heavy (non-hydrogen) atoms. The Kier molecular flexibility index (Phi) is 3.39. The Bertz CT molecular complexity index is 694. The maximum Gasteiger partial charge on any atom is 0.254 e. The van der Waals surface area contributed by atoms with Crippen LogP contribution in [-0.2, 0) is 9.53 Å². The van der Waals surface area contributed by atoms with Crippen LogP contribution in [0, 0.1) is 0 Å². The molecule has 1 aliphatic rings. The van der Waals surface area contributed by atoms with E-state index in [9.17, 15) is 9.59 Å². The topological polar surface area (TPSA) is 88.4 Å². The number of fused-ring (bicyclic) bond motifs is 1. The molecule has 0 spiro atoms. The first-order chi connectivity index (χ1) is 10.1. The molecular formula is C15H17N3O3. The van der Waals surface area contributed by atoms with Crippen LogP contribution >= 0.6 is 0 Å². The Hall–Kier alpha value is -2.34. The molecule has 110 valence electrons. The lowest BCUT2D eigenvalue weighted by Crippen LogP contribution is -2.43. The summed E-state index contributed by atoms with van der Waals surface area (Å²) in [6.45, 7) is 0.381. The Morgan fingerprint density at radius 2 is 2.19 bits per heavy atom. The molecule has 2 aromatic rings. The number of methoxy groups -OCH3 is 1. The van der Waals surface area contributed by atoms with Crippen molar-refractivity contribution >= 4 is 22.7 Å². The molecule has 2 atom stereocenters. The van der Waals surface area contributed by atoms with E-state index in [0.29, 0.717) is 18.5 Å². The van der Waals surface area contributed by atoms with E-state index in [2.05, 4.69) is 4.98 Å². The van der Waals surface area contributed by atoms with Crippen LogP contribution in [0.1, 0.15) is 16.8 Å². The fraction of sp³-hybridized carbons (Fsp3) is 0.333. The lowest BCUT2D eigenvalue weighted by atomic mass is 10.1. The number of rotatable bonds is 3. The summed E-state index contributed by atoms with van der Waals surface area (Å²) in [6.07, 6.45) is 2.12. The molecule has 2 heterocycles. The third-order valence-electron chi connectivity index (χ3n) is 3.99. The molecule has 1 aromatic carbocycles. The van der Waals surface area contributed by atoms with Crippen LogP contribution in [0.2, 0.25) is 0 Å². The lowest BCUT2D eigenvalue weighted by molar-refractivity contribution is -0.121. The zero-order chi connectivity index (χ0) is 15.0. The number of likely N-dealkylation sites (tertiary alicyclic amines) is 1. The number of aromatic amines is 1. The number of amides is 2. The summed E-state index contributed by atoms with van der Waals surface area (Å²) in [5, 5.41) is 1.04. The van der Waals surface area contributed by atoms with Crippen molar-refractivity contribution in [1.29, 1.82) is 0 Å². The minimum atomic E-state index is -0.609. The van der Waals surface area contributed by atoms with E-state index in [0.717, 1.165) is 10.9 Å². The molecule has 1 aliphatic heterocycles. The summed E-state index contributed by atoms with van der Waals surface area (Å²) in [7, 11) is 1.57. The average molecular weight is 287 g/mol. The first kappa shape index (κ1) is 13.6. The van der Waals surface area contributed by atoms with Gasteiger partial charge in [-0.1, -0.05) is 6.07 Å². The minimum absolute atomic E-state index is 0.152. The molecule has 3 rings (SSSR count). The molecule has 0 saturated carbocycles. The number of carbonyl (C=O) groups excluding carboxylic acids is 2. The third kappa shape index (κ3) is 2.38. The average Bonchev–Trinajstić information content (AvgIpc) is 3.11. The highest BCUT2D eigenvalue weighted by atomic mass is 16.5. The normalized spacial score (nSPS) is 21.9. The molecule has 6 heteroatoms. The highest BCUT2D eigenvalue weighted by Crippen LogP contribution is 2.23. The Morgan fingerprint density at radius 3 is 2.90 bits per heavy atom. The fourth-order valence-electron chi connectivity index (χ4n) is 2.81. The van der Waals surface area contributed by atoms with Gasteiger partial charge in [-0.15, -0.1) is 0 Å². The van der Waals surface area contributed by atoms with Gasteiger partial charge in [0.1, 0.15) is 6.04 Å². The van der Waals surface area contributed by atoms with E-state index in [-0.39, 0.29) is 12.0 Å². The highest BCUT2D eigenvalue weighted by molar-refractivity contribution is 6.00. The monoisotopic (exact) mass is 287 g/mol. The second-order valence-electron chi connectivity index (χ2n) is 5.25. The third-order valence-corrected chi connectivity index (χ3v) is 3.99. The second-order valence-corrected chi connectivity index (χ2v) is 5.25. The standard InChI is InChI=1S/C15H17N3O3/c1-21-11-7-13(14(16)19)18(8-11)15(20)10-3-2-9-4-5-17-12(9)6-10/h2-6,11,13,17H,7-8H2,1H3,(H2,16,19)/t11-,13-/m0/s1. The first-order valence-corrected chi connectivity index (χ1v) is 6.80. The minimum Gasteiger partial charge on any atom is -0.380 e. The summed E-state index contributed by atoms with van der Waals surface area (Å²) in [5.41, 5.74) is 6.82. The van der Waals surface area contributed by atoms with Crippen molar-refractivity contribution in [3.63, 3.8) is 0 Å². The van der Waals surface area contributed by atoms with E-state index in [1.807, 2.05) is 18.3 Å². The molecule has 6 nitrogen and oxygen atoms in total. The number of carbonyl (C=O) groups is 2. The Balaban J connectivity index is 1.90. The summed E-state index contributed by atoms with van der Waals surface area (Å²) in [4.78, 5) is 28.8.